The molecule has 2 rings (SSSR count). The molecular formula is C24H31N3O5. The molecule has 0 heterocycles. The molecule has 2 aromatic carbocycles. The maximum atomic E-state index is 11.5. The molecule has 2 aromatic rings. The van der Waals surface area contributed by atoms with Crippen molar-refractivity contribution in [2.45, 2.75) is 41.2 Å². The van der Waals surface area contributed by atoms with E-state index < -0.39 is 5.97 Å². The lowest BCUT2D eigenvalue weighted by Gasteiger charge is -2.11. The lowest BCUT2D eigenvalue weighted by atomic mass is 9.99. The molecule has 0 spiro atoms. The van der Waals surface area contributed by atoms with Crippen LogP contribution in [-0.2, 0) is 25.9 Å². The summed E-state index contributed by atoms with van der Waals surface area (Å²) >= 11 is 0. The Bertz CT molecular complexity index is 980. The number of aliphatic carboxylic acids is 1. The average molecular weight is 442 g/mol. The minimum Gasteiger partial charge on any atom is -0.476 e. The Morgan fingerprint density at radius 1 is 0.875 bits per heavy atom. The average Bonchev–Trinajstić information content (AvgIpc) is 2.80. The predicted octanol–water partition coefficient (Wildman–Crippen LogP) is 4.77. The van der Waals surface area contributed by atoms with Gasteiger partial charge in [0.05, 0.1) is 11.4 Å². The van der Waals surface area contributed by atoms with E-state index >= 15 is 0 Å². The Morgan fingerprint density at radius 2 is 1.41 bits per heavy atom. The van der Waals surface area contributed by atoms with E-state index in [0.29, 0.717) is 16.8 Å². The highest BCUT2D eigenvalue weighted by Gasteiger charge is 2.19. The zero-order valence-corrected chi connectivity index (χ0v) is 19.7. The second kappa shape index (κ2) is 13.6. The van der Waals surface area contributed by atoms with Gasteiger partial charge in [0.15, 0.2) is 5.71 Å². The third kappa shape index (κ3) is 7.23. The van der Waals surface area contributed by atoms with Crippen LogP contribution in [0.15, 0.2) is 57.9 Å². The summed E-state index contributed by atoms with van der Waals surface area (Å²) in [6.07, 6.45) is 0. The first-order valence-corrected chi connectivity index (χ1v) is 10.2. The minimum absolute atomic E-state index is 0.0903. The zero-order valence-electron chi connectivity index (χ0n) is 19.7. The van der Waals surface area contributed by atoms with Gasteiger partial charge in [-0.15, -0.1) is 0 Å². The molecule has 0 bridgehead atoms. The third-order valence-electron chi connectivity index (χ3n) is 4.41. The molecule has 0 saturated carbocycles. The standard InChI is InChI=1S/C22H25N3O5.C2H6/c1-14-7-6-8-19(21(22(26)27)25-29-5)20(14)13-30-24-16(3)18-11-9-17(10-12-18)15(2)23-28-4;1-2/h6-12H,13H2,1-5H3,(H,26,27);1-2H3/b23-15+,24-16+,25-21+;. The lowest BCUT2D eigenvalue weighted by Crippen LogP contribution is -2.18. The highest BCUT2D eigenvalue weighted by Crippen LogP contribution is 2.18. The van der Waals surface area contributed by atoms with Crippen LogP contribution < -0.4 is 0 Å². The fourth-order valence-corrected chi connectivity index (χ4v) is 2.80. The number of carboxylic acids is 1. The largest absolute Gasteiger partial charge is 0.476 e. The molecule has 32 heavy (non-hydrogen) atoms. The Balaban J connectivity index is 0.00000249. The van der Waals surface area contributed by atoms with Gasteiger partial charge in [-0.2, -0.15) is 0 Å². The van der Waals surface area contributed by atoms with E-state index in [-0.39, 0.29) is 12.3 Å². The van der Waals surface area contributed by atoms with Gasteiger partial charge in [-0.1, -0.05) is 71.8 Å². The third-order valence-corrected chi connectivity index (χ3v) is 4.41. The molecule has 0 radical (unpaired) electrons. The molecular weight excluding hydrogens is 410 g/mol. The summed E-state index contributed by atoms with van der Waals surface area (Å²) in [5, 5.41) is 21.2. The summed E-state index contributed by atoms with van der Waals surface area (Å²) in [4.78, 5) is 26.5. The zero-order chi connectivity index (χ0) is 24.1. The van der Waals surface area contributed by atoms with Gasteiger partial charge in [0, 0.05) is 11.1 Å². The molecule has 0 fully saturated rings. The van der Waals surface area contributed by atoms with Crippen LogP contribution in [0.25, 0.3) is 0 Å². The Morgan fingerprint density at radius 3 is 1.91 bits per heavy atom. The van der Waals surface area contributed by atoms with E-state index in [4.69, 9.17) is 9.68 Å². The van der Waals surface area contributed by atoms with Crippen LogP contribution in [0.4, 0.5) is 0 Å². The smallest absolute Gasteiger partial charge is 0.358 e. The summed E-state index contributed by atoms with van der Waals surface area (Å²) in [6, 6.07) is 13.0. The van der Waals surface area contributed by atoms with Crippen LogP contribution in [-0.4, -0.2) is 42.4 Å². The van der Waals surface area contributed by atoms with Crippen molar-refractivity contribution in [1.29, 1.82) is 0 Å². The molecule has 0 atom stereocenters. The van der Waals surface area contributed by atoms with Gasteiger partial charge in [0.1, 0.15) is 20.8 Å². The number of hydrogen-bond donors (Lipinski definition) is 1. The second-order valence-electron chi connectivity index (χ2n) is 6.42. The van der Waals surface area contributed by atoms with E-state index in [0.717, 1.165) is 22.4 Å². The van der Waals surface area contributed by atoms with Crippen molar-refractivity contribution in [2.75, 3.05) is 14.2 Å². The van der Waals surface area contributed by atoms with Gasteiger partial charge in [-0.05, 0) is 37.5 Å². The molecule has 172 valence electrons. The number of hydrogen-bond acceptors (Lipinski definition) is 7. The van der Waals surface area contributed by atoms with Gasteiger partial charge < -0.3 is 19.6 Å². The van der Waals surface area contributed by atoms with Crippen LogP contribution in [0.3, 0.4) is 0 Å². The van der Waals surface area contributed by atoms with Crippen LogP contribution >= 0.6 is 0 Å². The van der Waals surface area contributed by atoms with Gasteiger partial charge in [0.25, 0.3) is 0 Å². The Hall–Kier alpha value is -3.68. The van der Waals surface area contributed by atoms with Crippen molar-refractivity contribution in [3.8, 4) is 0 Å². The summed E-state index contributed by atoms with van der Waals surface area (Å²) in [5.41, 5.74) is 5.06. The first kappa shape index (κ1) is 26.4. The molecule has 0 aliphatic heterocycles. The predicted molar refractivity (Wildman–Crippen MR) is 126 cm³/mol. The highest BCUT2D eigenvalue weighted by molar-refractivity contribution is 6.42. The maximum absolute atomic E-state index is 11.5. The van der Waals surface area contributed by atoms with Crippen LogP contribution in [0.2, 0.25) is 0 Å². The van der Waals surface area contributed by atoms with E-state index in [1.54, 1.807) is 12.1 Å². The number of nitrogens with zero attached hydrogens (tertiary/aromatic N) is 3. The van der Waals surface area contributed by atoms with E-state index in [1.807, 2.05) is 65.0 Å². The summed E-state index contributed by atoms with van der Waals surface area (Å²) < 4.78 is 0. The van der Waals surface area contributed by atoms with Crippen molar-refractivity contribution >= 4 is 23.1 Å². The van der Waals surface area contributed by atoms with Crippen molar-refractivity contribution < 1.29 is 24.4 Å². The number of oxime groups is 3. The monoisotopic (exact) mass is 441 g/mol. The molecule has 1 N–H and O–H groups in total. The van der Waals surface area contributed by atoms with Gasteiger partial charge in [0.2, 0.25) is 0 Å². The molecule has 0 aliphatic carbocycles. The minimum atomic E-state index is -1.18. The molecule has 0 saturated heterocycles. The first-order chi connectivity index (χ1) is 15.4. The second-order valence-corrected chi connectivity index (χ2v) is 6.42. The molecule has 0 amide bonds. The van der Waals surface area contributed by atoms with Crippen LogP contribution in [0, 0.1) is 6.92 Å². The molecule has 8 nitrogen and oxygen atoms in total. The highest BCUT2D eigenvalue weighted by atomic mass is 16.6. The topological polar surface area (TPSA) is 102 Å². The Labute approximate surface area is 189 Å². The number of carbonyl (C=O) groups is 1. The van der Waals surface area contributed by atoms with Crippen LogP contribution in [0.5, 0.6) is 0 Å². The number of rotatable bonds is 9. The molecule has 0 aliphatic rings. The SMILES string of the molecule is CC.CO/N=C(\C)c1ccc(/C(C)=N/OCc2c(C)cccc2/C(=N\OC)C(=O)O)cc1. The maximum Gasteiger partial charge on any atom is 0.358 e. The quantitative estimate of drug-likeness (QED) is 0.446. The first-order valence-electron chi connectivity index (χ1n) is 10.2. The van der Waals surface area contributed by atoms with Gasteiger partial charge in [-0.25, -0.2) is 4.79 Å². The molecule has 8 heteroatoms. The summed E-state index contributed by atoms with van der Waals surface area (Å²) in [6.45, 7) is 9.65. The van der Waals surface area contributed by atoms with Gasteiger partial charge in [-0.3, -0.25) is 0 Å². The van der Waals surface area contributed by atoms with Crippen LogP contribution in [0.1, 0.15) is 55.5 Å². The number of aryl methyl sites for hydroxylation is 1. The van der Waals surface area contributed by atoms with Crippen molar-refractivity contribution in [3.63, 3.8) is 0 Å². The fraction of sp³-hybridized carbons (Fsp3) is 0.333. The van der Waals surface area contributed by atoms with E-state index in [2.05, 4.69) is 20.3 Å². The van der Waals surface area contributed by atoms with E-state index in [1.165, 1.54) is 14.2 Å². The molecule has 0 aromatic heterocycles. The van der Waals surface area contributed by atoms with E-state index in [9.17, 15) is 9.90 Å². The normalized spacial score (nSPS) is 11.9. The Kier molecular flexibility index (Phi) is 11.2. The van der Waals surface area contributed by atoms with Crippen molar-refractivity contribution in [2.24, 2.45) is 15.5 Å². The lowest BCUT2D eigenvalue weighted by molar-refractivity contribution is -0.129. The van der Waals surface area contributed by atoms with Gasteiger partial charge >= 0.3 is 5.97 Å². The summed E-state index contributed by atoms with van der Waals surface area (Å²) in [7, 11) is 2.81. The fourth-order valence-electron chi connectivity index (χ4n) is 2.80. The number of carboxylic acid groups (broad SMARTS) is 1. The summed E-state index contributed by atoms with van der Waals surface area (Å²) in [5.74, 6) is -1.18. The number of benzene rings is 2. The molecule has 0 unspecified atom stereocenters. The van der Waals surface area contributed by atoms with Crippen molar-refractivity contribution in [3.05, 3.63) is 70.3 Å². The van der Waals surface area contributed by atoms with Crippen molar-refractivity contribution in [1.82, 2.24) is 0 Å².